The fraction of sp³-hybridized carbons (Fsp3) is 0.571. The summed E-state index contributed by atoms with van der Waals surface area (Å²) in [6.45, 7) is 4.30. The first-order chi connectivity index (χ1) is 9.08. The molecular weight excluding hydrogens is 242 g/mol. The average molecular weight is 265 g/mol. The van der Waals surface area contributed by atoms with Gasteiger partial charge in [0.15, 0.2) is 0 Å². The van der Waals surface area contributed by atoms with Crippen LogP contribution in [0, 0.1) is 0 Å². The van der Waals surface area contributed by atoms with Gasteiger partial charge in [-0.3, -0.25) is 0 Å². The van der Waals surface area contributed by atoms with Crippen molar-refractivity contribution in [3.05, 3.63) is 17.8 Å². The Labute approximate surface area is 114 Å². The number of nitrogens with one attached hydrogen (secondary N) is 1. The first-order valence-electron chi connectivity index (χ1n) is 6.83. The summed E-state index contributed by atoms with van der Waals surface area (Å²) in [5, 5.41) is 12.3. The Balaban J connectivity index is 2.78. The minimum Gasteiger partial charge on any atom is -0.478 e. The van der Waals surface area contributed by atoms with E-state index in [0.717, 1.165) is 32.1 Å². The second kappa shape index (κ2) is 7.61. The van der Waals surface area contributed by atoms with Gasteiger partial charge in [-0.2, -0.15) is 0 Å². The number of hydrogen-bond acceptors (Lipinski definition) is 4. The van der Waals surface area contributed by atoms with Crippen LogP contribution in [0.5, 0.6) is 0 Å². The summed E-state index contributed by atoms with van der Waals surface area (Å²) in [5.41, 5.74) is 5.88. The number of nitrogens with zero attached hydrogens (tertiary/aromatic N) is 1. The molecule has 0 amide bonds. The highest BCUT2D eigenvalue weighted by Gasteiger charge is 2.12. The molecule has 1 heterocycles. The van der Waals surface area contributed by atoms with Crippen LogP contribution in [0.15, 0.2) is 12.3 Å². The van der Waals surface area contributed by atoms with Gasteiger partial charge in [-0.1, -0.05) is 33.1 Å². The van der Waals surface area contributed by atoms with E-state index in [4.69, 9.17) is 10.8 Å². The third-order valence-electron chi connectivity index (χ3n) is 3.06. The minimum absolute atomic E-state index is 0.100. The van der Waals surface area contributed by atoms with Crippen molar-refractivity contribution < 1.29 is 9.90 Å². The number of nitrogen functional groups attached to an aromatic ring is 1. The molecule has 106 valence electrons. The molecule has 0 aliphatic carbocycles. The number of anilines is 2. The first-order valence-corrected chi connectivity index (χ1v) is 6.83. The average Bonchev–Trinajstić information content (AvgIpc) is 2.38. The molecule has 5 nitrogen and oxygen atoms in total. The van der Waals surface area contributed by atoms with Gasteiger partial charge >= 0.3 is 5.97 Å². The summed E-state index contributed by atoms with van der Waals surface area (Å²) in [4.78, 5) is 15.2. The zero-order chi connectivity index (χ0) is 14.3. The Morgan fingerprint density at radius 3 is 2.74 bits per heavy atom. The molecule has 19 heavy (non-hydrogen) atoms. The fourth-order valence-corrected chi connectivity index (χ4v) is 2.03. The van der Waals surface area contributed by atoms with Gasteiger partial charge in [0.1, 0.15) is 5.82 Å². The van der Waals surface area contributed by atoms with Crippen molar-refractivity contribution in [2.24, 2.45) is 0 Å². The highest BCUT2D eigenvalue weighted by Crippen LogP contribution is 2.18. The van der Waals surface area contributed by atoms with Crippen molar-refractivity contribution >= 4 is 17.5 Å². The number of carboxylic acid groups (broad SMARTS) is 1. The van der Waals surface area contributed by atoms with Crippen LogP contribution in [-0.2, 0) is 0 Å². The van der Waals surface area contributed by atoms with E-state index >= 15 is 0 Å². The molecule has 1 rings (SSSR count). The molecule has 0 radical (unpaired) electrons. The van der Waals surface area contributed by atoms with E-state index in [1.165, 1.54) is 12.3 Å². The van der Waals surface area contributed by atoms with Crippen molar-refractivity contribution in [2.45, 2.75) is 52.0 Å². The maximum atomic E-state index is 11.0. The molecular formula is C14H23N3O2. The highest BCUT2D eigenvalue weighted by molar-refractivity contribution is 5.94. The predicted molar refractivity (Wildman–Crippen MR) is 77.5 cm³/mol. The van der Waals surface area contributed by atoms with E-state index in [-0.39, 0.29) is 11.3 Å². The van der Waals surface area contributed by atoms with E-state index in [2.05, 4.69) is 24.1 Å². The lowest BCUT2D eigenvalue weighted by atomic mass is 10.1. The van der Waals surface area contributed by atoms with Gasteiger partial charge in [0.25, 0.3) is 0 Å². The molecule has 5 heteroatoms. The summed E-state index contributed by atoms with van der Waals surface area (Å²) >= 11 is 0. The maximum absolute atomic E-state index is 11.0. The molecule has 0 fully saturated rings. The molecule has 0 bridgehead atoms. The van der Waals surface area contributed by atoms with Crippen LogP contribution in [0.2, 0.25) is 0 Å². The van der Waals surface area contributed by atoms with Crippen molar-refractivity contribution in [3.63, 3.8) is 0 Å². The van der Waals surface area contributed by atoms with E-state index in [1.54, 1.807) is 0 Å². The van der Waals surface area contributed by atoms with E-state index in [1.807, 2.05) is 0 Å². The lowest BCUT2D eigenvalue weighted by molar-refractivity contribution is 0.0698. The monoisotopic (exact) mass is 265 g/mol. The summed E-state index contributed by atoms with van der Waals surface area (Å²) in [5.74, 6) is -0.440. The number of hydrogen-bond donors (Lipinski definition) is 3. The van der Waals surface area contributed by atoms with E-state index in [9.17, 15) is 4.79 Å². The van der Waals surface area contributed by atoms with Gasteiger partial charge in [0.2, 0.25) is 0 Å². The molecule has 0 aliphatic heterocycles. The van der Waals surface area contributed by atoms with Gasteiger partial charge in [0, 0.05) is 6.04 Å². The van der Waals surface area contributed by atoms with Crippen LogP contribution < -0.4 is 11.1 Å². The van der Waals surface area contributed by atoms with Crippen LogP contribution in [0.4, 0.5) is 11.5 Å². The molecule has 0 saturated carbocycles. The zero-order valence-electron chi connectivity index (χ0n) is 11.6. The predicted octanol–water partition coefficient (Wildman–Crippen LogP) is 3.13. The van der Waals surface area contributed by atoms with E-state index in [0.29, 0.717) is 11.9 Å². The van der Waals surface area contributed by atoms with Crippen molar-refractivity contribution in [2.75, 3.05) is 11.1 Å². The lowest BCUT2D eigenvalue weighted by Gasteiger charge is -2.18. The molecule has 1 aromatic rings. The second-order valence-electron chi connectivity index (χ2n) is 4.73. The first kappa shape index (κ1) is 15.3. The largest absolute Gasteiger partial charge is 0.478 e. The van der Waals surface area contributed by atoms with Crippen LogP contribution in [0.3, 0.4) is 0 Å². The Hall–Kier alpha value is -1.78. The SMILES string of the molecule is CCCCC(CCC)Nc1cc(C(=O)O)c(N)cn1. The van der Waals surface area contributed by atoms with Gasteiger partial charge < -0.3 is 16.2 Å². The van der Waals surface area contributed by atoms with Crippen LogP contribution >= 0.6 is 0 Å². The van der Waals surface area contributed by atoms with E-state index < -0.39 is 5.97 Å². The quantitative estimate of drug-likeness (QED) is 0.672. The van der Waals surface area contributed by atoms with Crippen molar-refractivity contribution in [1.82, 2.24) is 4.98 Å². The van der Waals surface area contributed by atoms with Gasteiger partial charge in [0.05, 0.1) is 17.4 Å². The fourth-order valence-electron chi connectivity index (χ4n) is 2.03. The number of rotatable bonds is 8. The summed E-state index contributed by atoms with van der Waals surface area (Å²) < 4.78 is 0. The Bertz CT molecular complexity index is 421. The van der Waals surface area contributed by atoms with Crippen LogP contribution in [0.1, 0.15) is 56.3 Å². The summed E-state index contributed by atoms with van der Waals surface area (Å²) in [6.07, 6.45) is 6.90. The number of aromatic nitrogens is 1. The molecule has 1 atom stereocenters. The Kier molecular flexibility index (Phi) is 6.12. The smallest absolute Gasteiger partial charge is 0.337 e. The highest BCUT2D eigenvalue weighted by atomic mass is 16.4. The third-order valence-corrected chi connectivity index (χ3v) is 3.06. The topological polar surface area (TPSA) is 88.2 Å². The zero-order valence-corrected chi connectivity index (χ0v) is 11.6. The summed E-state index contributed by atoms with van der Waals surface area (Å²) in [7, 11) is 0. The Morgan fingerprint density at radius 2 is 2.16 bits per heavy atom. The number of unbranched alkanes of at least 4 members (excludes halogenated alkanes) is 1. The van der Waals surface area contributed by atoms with Gasteiger partial charge in [-0.05, 0) is 18.9 Å². The van der Waals surface area contributed by atoms with Crippen molar-refractivity contribution in [1.29, 1.82) is 0 Å². The molecule has 0 saturated heterocycles. The van der Waals surface area contributed by atoms with Crippen LogP contribution in [-0.4, -0.2) is 22.1 Å². The molecule has 1 unspecified atom stereocenters. The Morgan fingerprint density at radius 1 is 1.42 bits per heavy atom. The third kappa shape index (κ3) is 4.77. The lowest BCUT2D eigenvalue weighted by Crippen LogP contribution is -2.20. The maximum Gasteiger partial charge on any atom is 0.337 e. The molecule has 4 N–H and O–H groups in total. The van der Waals surface area contributed by atoms with Crippen LogP contribution in [0.25, 0.3) is 0 Å². The van der Waals surface area contributed by atoms with Gasteiger partial charge in [-0.25, -0.2) is 9.78 Å². The summed E-state index contributed by atoms with van der Waals surface area (Å²) in [6, 6.07) is 1.84. The number of nitrogens with two attached hydrogens (primary N) is 1. The van der Waals surface area contributed by atoms with Gasteiger partial charge in [-0.15, -0.1) is 0 Å². The normalized spacial score (nSPS) is 12.1. The molecule has 0 aliphatic rings. The number of aromatic carboxylic acids is 1. The minimum atomic E-state index is -1.02. The number of carbonyl (C=O) groups is 1. The molecule has 0 spiro atoms. The van der Waals surface area contributed by atoms with Crippen molar-refractivity contribution in [3.8, 4) is 0 Å². The number of pyridine rings is 1. The molecule has 0 aromatic carbocycles. The second-order valence-corrected chi connectivity index (χ2v) is 4.73. The number of carboxylic acids is 1. The standard InChI is InChI=1S/C14H23N3O2/c1-3-5-7-10(6-4-2)17-13-8-11(14(18)19)12(15)9-16-13/h8-10H,3-7,15H2,1-2H3,(H,16,17)(H,18,19). The molecule has 1 aromatic heterocycles.